The summed E-state index contributed by atoms with van der Waals surface area (Å²) in [5.41, 5.74) is 5.64. The van der Waals surface area contributed by atoms with E-state index in [1.165, 1.54) is 11.8 Å². The first-order valence-corrected chi connectivity index (χ1v) is 5.10. The summed E-state index contributed by atoms with van der Waals surface area (Å²) in [5.74, 6) is 1.05. The van der Waals surface area contributed by atoms with Gasteiger partial charge >= 0.3 is 0 Å². The summed E-state index contributed by atoms with van der Waals surface area (Å²) in [4.78, 5) is 4.07. The molecule has 0 bridgehead atoms. The minimum Gasteiger partial charge on any atom is -0.368 e. The van der Waals surface area contributed by atoms with Crippen LogP contribution in [-0.4, -0.2) is 21.0 Å². The number of rotatable bonds is 3. The van der Waals surface area contributed by atoms with Crippen molar-refractivity contribution in [3.05, 3.63) is 0 Å². The van der Waals surface area contributed by atoms with E-state index in [0.717, 1.165) is 11.7 Å². The number of hydrogen-bond acceptors (Lipinski definition) is 4. The van der Waals surface area contributed by atoms with Crippen LogP contribution in [0.2, 0.25) is 0 Å². The van der Waals surface area contributed by atoms with Gasteiger partial charge in [-0.15, -0.1) is 5.10 Å². The third-order valence-electron chi connectivity index (χ3n) is 1.40. The summed E-state index contributed by atoms with van der Waals surface area (Å²) in [6.07, 6.45) is 1.94. The predicted molar refractivity (Wildman–Crippen MR) is 51.1 cm³/mol. The van der Waals surface area contributed by atoms with Crippen LogP contribution < -0.4 is 5.73 Å². The highest BCUT2D eigenvalue weighted by molar-refractivity contribution is 7.98. The van der Waals surface area contributed by atoms with E-state index >= 15 is 0 Å². The Balaban J connectivity index is 2.77. The van der Waals surface area contributed by atoms with E-state index in [4.69, 9.17) is 5.73 Å². The Morgan fingerprint density at radius 1 is 1.58 bits per heavy atom. The molecule has 4 nitrogen and oxygen atoms in total. The van der Waals surface area contributed by atoms with Crippen molar-refractivity contribution in [3.63, 3.8) is 0 Å². The predicted octanol–water partition coefficient (Wildman–Crippen LogP) is 1.24. The van der Waals surface area contributed by atoms with Crippen LogP contribution in [0.1, 0.15) is 13.8 Å². The van der Waals surface area contributed by atoms with Crippen LogP contribution in [0.3, 0.4) is 0 Å². The lowest BCUT2D eigenvalue weighted by Crippen LogP contribution is -2.09. The monoisotopic (exact) mass is 186 g/mol. The molecule has 1 aromatic heterocycles. The molecule has 0 radical (unpaired) electrons. The summed E-state index contributed by atoms with van der Waals surface area (Å²) in [6.45, 7) is 5.08. The zero-order chi connectivity index (χ0) is 9.14. The lowest BCUT2D eigenvalue weighted by atomic mass is 10.2. The topological polar surface area (TPSA) is 56.7 Å². The van der Waals surface area contributed by atoms with Crippen LogP contribution in [0.4, 0.5) is 5.95 Å². The normalized spacial score (nSPS) is 11.0. The molecule has 5 heteroatoms. The van der Waals surface area contributed by atoms with Crippen molar-refractivity contribution in [3.8, 4) is 0 Å². The first-order valence-electron chi connectivity index (χ1n) is 3.87. The van der Waals surface area contributed by atoms with Gasteiger partial charge < -0.3 is 5.73 Å². The highest BCUT2D eigenvalue weighted by Gasteiger charge is 2.06. The second-order valence-corrected chi connectivity index (χ2v) is 3.81. The van der Waals surface area contributed by atoms with Gasteiger partial charge in [0, 0.05) is 6.54 Å². The van der Waals surface area contributed by atoms with Gasteiger partial charge in [-0.25, -0.2) is 4.68 Å². The van der Waals surface area contributed by atoms with E-state index in [1.807, 2.05) is 6.26 Å². The van der Waals surface area contributed by atoms with Crippen molar-refractivity contribution in [1.82, 2.24) is 14.8 Å². The van der Waals surface area contributed by atoms with Crippen molar-refractivity contribution in [1.29, 1.82) is 0 Å². The van der Waals surface area contributed by atoms with E-state index in [2.05, 4.69) is 23.9 Å². The molecular weight excluding hydrogens is 172 g/mol. The van der Waals surface area contributed by atoms with Gasteiger partial charge in [0.15, 0.2) is 0 Å². The number of hydrogen-bond donors (Lipinski definition) is 1. The van der Waals surface area contributed by atoms with E-state index < -0.39 is 0 Å². The smallest absolute Gasteiger partial charge is 0.219 e. The molecule has 0 unspecified atom stereocenters. The summed E-state index contributed by atoms with van der Waals surface area (Å²) in [5, 5.41) is 4.96. The van der Waals surface area contributed by atoms with Crippen LogP contribution in [0.5, 0.6) is 0 Å². The van der Waals surface area contributed by atoms with Gasteiger partial charge in [0.2, 0.25) is 11.1 Å². The van der Waals surface area contributed by atoms with Gasteiger partial charge in [-0.05, 0) is 12.2 Å². The first kappa shape index (κ1) is 9.38. The van der Waals surface area contributed by atoms with Crippen LogP contribution in [-0.2, 0) is 6.54 Å². The zero-order valence-electron chi connectivity index (χ0n) is 7.61. The number of nitrogens with zero attached hydrogens (tertiary/aromatic N) is 3. The molecule has 1 aromatic rings. The van der Waals surface area contributed by atoms with E-state index in [0.29, 0.717) is 11.9 Å². The fourth-order valence-corrected chi connectivity index (χ4v) is 1.26. The van der Waals surface area contributed by atoms with Crippen molar-refractivity contribution in [2.24, 2.45) is 5.92 Å². The van der Waals surface area contributed by atoms with E-state index in [9.17, 15) is 0 Å². The number of thioether (sulfide) groups is 1. The van der Waals surface area contributed by atoms with Crippen molar-refractivity contribution >= 4 is 17.7 Å². The van der Waals surface area contributed by atoms with Gasteiger partial charge in [-0.1, -0.05) is 25.6 Å². The number of nitrogens with two attached hydrogens (primary N) is 1. The average Bonchev–Trinajstić information content (AvgIpc) is 2.31. The number of nitrogen functional groups attached to an aromatic ring is 1. The van der Waals surface area contributed by atoms with Gasteiger partial charge in [0.25, 0.3) is 0 Å². The maximum absolute atomic E-state index is 5.64. The second-order valence-electron chi connectivity index (χ2n) is 3.03. The Hall–Kier alpha value is -0.710. The standard InChI is InChI=1S/C7H14N4S/c1-5(2)4-11-6(8)9-7(10-11)12-3/h5H,4H2,1-3H3,(H2,8,9,10). The molecule has 0 saturated carbocycles. The maximum atomic E-state index is 5.64. The molecule has 0 saturated heterocycles. The molecule has 0 amide bonds. The van der Waals surface area contributed by atoms with Gasteiger partial charge in [-0.2, -0.15) is 4.98 Å². The quantitative estimate of drug-likeness (QED) is 0.721. The fraction of sp³-hybridized carbons (Fsp3) is 0.714. The molecule has 0 atom stereocenters. The van der Waals surface area contributed by atoms with Gasteiger partial charge in [0.05, 0.1) is 0 Å². The molecule has 1 rings (SSSR count). The molecule has 0 spiro atoms. The summed E-state index contributed by atoms with van der Waals surface area (Å²) < 4.78 is 1.75. The maximum Gasteiger partial charge on any atom is 0.219 e. The van der Waals surface area contributed by atoms with Crippen LogP contribution in [0.25, 0.3) is 0 Å². The average molecular weight is 186 g/mol. The van der Waals surface area contributed by atoms with Gasteiger partial charge in [0.1, 0.15) is 0 Å². The fourth-order valence-electron chi connectivity index (χ4n) is 0.899. The molecule has 0 fully saturated rings. The van der Waals surface area contributed by atoms with Gasteiger partial charge in [-0.3, -0.25) is 0 Å². The lowest BCUT2D eigenvalue weighted by molar-refractivity contribution is 0.482. The largest absolute Gasteiger partial charge is 0.368 e. The Morgan fingerprint density at radius 3 is 2.67 bits per heavy atom. The van der Waals surface area contributed by atoms with Crippen LogP contribution in [0, 0.1) is 5.92 Å². The van der Waals surface area contributed by atoms with Crippen molar-refractivity contribution < 1.29 is 0 Å². The summed E-state index contributed by atoms with van der Waals surface area (Å²) in [7, 11) is 0. The Morgan fingerprint density at radius 2 is 2.25 bits per heavy atom. The molecule has 2 N–H and O–H groups in total. The molecule has 0 aromatic carbocycles. The Bertz CT molecular complexity index is 256. The highest BCUT2D eigenvalue weighted by Crippen LogP contribution is 2.12. The number of aromatic nitrogens is 3. The third-order valence-corrected chi connectivity index (χ3v) is 1.94. The SMILES string of the molecule is CSc1nc(N)n(CC(C)C)n1. The molecular formula is C7H14N4S. The second kappa shape index (κ2) is 3.80. The minimum absolute atomic E-state index is 0.507. The highest BCUT2D eigenvalue weighted by atomic mass is 32.2. The first-order chi connectivity index (χ1) is 5.63. The van der Waals surface area contributed by atoms with E-state index in [-0.39, 0.29) is 0 Å². The molecule has 68 valence electrons. The molecule has 0 aliphatic carbocycles. The zero-order valence-corrected chi connectivity index (χ0v) is 8.43. The third kappa shape index (κ3) is 2.14. The van der Waals surface area contributed by atoms with Crippen molar-refractivity contribution in [2.75, 3.05) is 12.0 Å². The van der Waals surface area contributed by atoms with Crippen LogP contribution >= 0.6 is 11.8 Å². The molecule has 0 aliphatic heterocycles. The Labute approximate surface area is 76.5 Å². The molecule has 12 heavy (non-hydrogen) atoms. The summed E-state index contributed by atoms with van der Waals surface area (Å²) in [6, 6.07) is 0. The lowest BCUT2D eigenvalue weighted by Gasteiger charge is -2.04. The van der Waals surface area contributed by atoms with E-state index in [1.54, 1.807) is 4.68 Å². The molecule has 0 aliphatic rings. The minimum atomic E-state index is 0.507. The Kier molecular flexibility index (Phi) is 2.97. The molecule has 1 heterocycles. The van der Waals surface area contributed by atoms with Crippen LogP contribution in [0.15, 0.2) is 5.16 Å². The van der Waals surface area contributed by atoms with Crippen molar-refractivity contribution in [2.45, 2.75) is 25.5 Å². The number of anilines is 1. The summed E-state index contributed by atoms with van der Waals surface area (Å²) >= 11 is 1.51.